The van der Waals surface area contributed by atoms with Gasteiger partial charge in [0.1, 0.15) is 5.82 Å². The van der Waals surface area contributed by atoms with E-state index in [1.807, 2.05) is 25.1 Å². The first-order valence-electron chi connectivity index (χ1n) is 6.81. The molecule has 8 heteroatoms. The third kappa shape index (κ3) is 4.27. The quantitative estimate of drug-likeness (QED) is 0.838. The van der Waals surface area contributed by atoms with Crippen molar-refractivity contribution in [3.05, 3.63) is 53.7 Å². The summed E-state index contributed by atoms with van der Waals surface area (Å²) in [5.74, 6) is 0.371. The van der Waals surface area contributed by atoms with Crippen LogP contribution >= 0.6 is 0 Å². The molecule has 7 nitrogen and oxygen atoms in total. The van der Waals surface area contributed by atoms with Crippen molar-refractivity contribution < 1.29 is 13.2 Å². The van der Waals surface area contributed by atoms with Crippen LogP contribution in [0.2, 0.25) is 0 Å². The number of carbonyl (C=O) groups is 1. The molecule has 0 fully saturated rings. The zero-order valence-electron chi connectivity index (χ0n) is 12.9. The Morgan fingerprint density at radius 1 is 1.26 bits per heavy atom. The van der Waals surface area contributed by atoms with Crippen LogP contribution in [0.15, 0.2) is 47.5 Å². The lowest BCUT2D eigenvalue weighted by Gasteiger charge is -2.16. The van der Waals surface area contributed by atoms with Crippen molar-refractivity contribution in [2.45, 2.75) is 11.4 Å². The Kier molecular flexibility index (Phi) is 4.97. The van der Waals surface area contributed by atoms with E-state index < -0.39 is 10.0 Å². The number of anilines is 1. The van der Waals surface area contributed by atoms with E-state index in [-0.39, 0.29) is 22.9 Å². The number of aromatic nitrogens is 1. The SMILES string of the molecule is CN(C)c1ncccc1CNC(=O)c1cccc(S(N)(=O)=O)c1. The summed E-state index contributed by atoms with van der Waals surface area (Å²) in [5, 5.41) is 7.82. The van der Waals surface area contributed by atoms with Gasteiger partial charge in [0.15, 0.2) is 0 Å². The number of primary sulfonamides is 1. The molecule has 122 valence electrons. The fourth-order valence-electron chi connectivity index (χ4n) is 2.06. The van der Waals surface area contributed by atoms with Crippen molar-refractivity contribution >= 4 is 21.7 Å². The van der Waals surface area contributed by atoms with Crippen molar-refractivity contribution in [2.75, 3.05) is 19.0 Å². The minimum atomic E-state index is -3.84. The van der Waals surface area contributed by atoms with E-state index in [2.05, 4.69) is 10.3 Å². The van der Waals surface area contributed by atoms with E-state index in [0.29, 0.717) is 0 Å². The lowest BCUT2D eigenvalue weighted by molar-refractivity contribution is 0.0950. The summed E-state index contributed by atoms with van der Waals surface area (Å²) in [5.41, 5.74) is 1.08. The predicted octanol–water partition coefficient (Wildman–Crippen LogP) is 0.725. The maximum Gasteiger partial charge on any atom is 0.251 e. The molecule has 0 spiro atoms. The molecule has 0 radical (unpaired) electrons. The van der Waals surface area contributed by atoms with Gasteiger partial charge in [0, 0.05) is 38.0 Å². The van der Waals surface area contributed by atoms with Crippen LogP contribution in [0, 0.1) is 0 Å². The summed E-state index contributed by atoms with van der Waals surface area (Å²) in [6.45, 7) is 0.278. The Bertz CT molecular complexity index is 819. The molecule has 3 N–H and O–H groups in total. The third-order valence-electron chi connectivity index (χ3n) is 3.16. The molecule has 0 atom stereocenters. The lowest BCUT2D eigenvalue weighted by atomic mass is 10.2. The van der Waals surface area contributed by atoms with Crippen molar-refractivity contribution in [1.82, 2.24) is 10.3 Å². The molecule has 1 heterocycles. The fourth-order valence-corrected chi connectivity index (χ4v) is 2.62. The molecule has 0 aliphatic rings. The predicted molar refractivity (Wildman–Crippen MR) is 87.5 cm³/mol. The number of hydrogen-bond acceptors (Lipinski definition) is 5. The molecule has 1 aromatic carbocycles. The molecular formula is C15H18N4O3S. The van der Waals surface area contributed by atoms with Crippen LogP contribution in [0.4, 0.5) is 5.82 Å². The summed E-state index contributed by atoms with van der Waals surface area (Å²) < 4.78 is 22.7. The van der Waals surface area contributed by atoms with Crippen molar-refractivity contribution in [2.24, 2.45) is 5.14 Å². The second kappa shape index (κ2) is 6.76. The second-order valence-corrected chi connectivity index (χ2v) is 6.70. The van der Waals surface area contributed by atoms with Gasteiger partial charge >= 0.3 is 0 Å². The molecule has 0 bridgehead atoms. The van der Waals surface area contributed by atoms with Crippen LogP contribution in [0.5, 0.6) is 0 Å². The number of pyridine rings is 1. The Labute approximate surface area is 135 Å². The number of nitrogens with one attached hydrogen (secondary N) is 1. The summed E-state index contributed by atoms with van der Waals surface area (Å²) in [6, 6.07) is 9.25. The van der Waals surface area contributed by atoms with E-state index in [1.165, 1.54) is 24.3 Å². The first kappa shape index (κ1) is 16.9. The number of benzene rings is 1. The number of amides is 1. The molecule has 2 rings (SSSR count). The van der Waals surface area contributed by atoms with Gasteiger partial charge in [-0.05, 0) is 24.3 Å². The number of hydrogen-bond donors (Lipinski definition) is 2. The number of nitrogens with zero attached hydrogens (tertiary/aromatic N) is 2. The summed E-state index contributed by atoms with van der Waals surface area (Å²) in [6.07, 6.45) is 1.68. The lowest BCUT2D eigenvalue weighted by Crippen LogP contribution is -2.25. The summed E-state index contributed by atoms with van der Waals surface area (Å²) in [7, 11) is -0.112. The molecule has 1 amide bonds. The van der Waals surface area contributed by atoms with Gasteiger partial charge in [-0.2, -0.15) is 0 Å². The molecule has 0 saturated heterocycles. The van der Waals surface area contributed by atoms with Gasteiger partial charge in [-0.25, -0.2) is 18.5 Å². The van der Waals surface area contributed by atoms with Gasteiger partial charge in [-0.3, -0.25) is 4.79 Å². The first-order chi connectivity index (χ1) is 10.8. The maximum atomic E-state index is 12.2. The van der Waals surface area contributed by atoms with Gasteiger partial charge in [-0.15, -0.1) is 0 Å². The van der Waals surface area contributed by atoms with Crippen LogP contribution < -0.4 is 15.4 Å². The van der Waals surface area contributed by atoms with Crippen LogP contribution in [0.25, 0.3) is 0 Å². The second-order valence-electron chi connectivity index (χ2n) is 5.14. The monoisotopic (exact) mass is 334 g/mol. The Balaban J connectivity index is 2.15. The van der Waals surface area contributed by atoms with E-state index in [9.17, 15) is 13.2 Å². The Morgan fingerprint density at radius 2 is 2.00 bits per heavy atom. The highest BCUT2D eigenvalue weighted by molar-refractivity contribution is 7.89. The number of nitrogens with two attached hydrogens (primary N) is 1. The van der Waals surface area contributed by atoms with E-state index in [0.717, 1.165) is 11.4 Å². The molecule has 1 aromatic heterocycles. The van der Waals surface area contributed by atoms with Gasteiger partial charge in [0.25, 0.3) is 5.91 Å². The molecule has 0 unspecified atom stereocenters. The van der Waals surface area contributed by atoms with Gasteiger partial charge in [-0.1, -0.05) is 12.1 Å². The van der Waals surface area contributed by atoms with Crippen LogP contribution in [-0.2, 0) is 16.6 Å². The standard InChI is InChI=1S/C15H18N4O3S/c1-19(2)14-12(6-4-8-17-14)10-18-15(20)11-5-3-7-13(9-11)23(16,21)22/h3-9H,10H2,1-2H3,(H,18,20)(H2,16,21,22). The van der Waals surface area contributed by atoms with Crippen molar-refractivity contribution in [3.63, 3.8) is 0 Å². The number of rotatable bonds is 5. The van der Waals surface area contributed by atoms with Crippen molar-refractivity contribution in [3.8, 4) is 0 Å². The topological polar surface area (TPSA) is 105 Å². The largest absolute Gasteiger partial charge is 0.362 e. The molecule has 0 saturated carbocycles. The summed E-state index contributed by atoms with van der Waals surface area (Å²) in [4.78, 5) is 18.2. The smallest absolute Gasteiger partial charge is 0.251 e. The van der Waals surface area contributed by atoms with Gasteiger partial charge < -0.3 is 10.2 Å². The number of carbonyl (C=O) groups excluding carboxylic acids is 1. The van der Waals surface area contributed by atoms with Crippen LogP contribution in [0.1, 0.15) is 15.9 Å². The molecular weight excluding hydrogens is 316 g/mol. The maximum absolute atomic E-state index is 12.2. The van der Waals surface area contributed by atoms with E-state index >= 15 is 0 Å². The molecule has 2 aromatic rings. The van der Waals surface area contributed by atoms with Crippen LogP contribution in [0.3, 0.4) is 0 Å². The minimum absolute atomic E-state index is 0.0968. The zero-order valence-corrected chi connectivity index (χ0v) is 13.7. The highest BCUT2D eigenvalue weighted by Gasteiger charge is 2.13. The molecule has 0 aliphatic carbocycles. The minimum Gasteiger partial charge on any atom is -0.362 e. The molecule has 23 heavy (non-hydrogen) atoms. The average Bonchev–Trinajstić information content (AvgIpc) is 2.52. The average molecular weight is 334 g/mol. The zero-order chi connectivity index (χ0) is 17.0. The first-order valence-corrected chi connectivity index (χ1v) is 8.36. The highest BCUT2D eigenvalue weighted by Crippen LogP contribution is 2.14. The molecule has 0 aliphatic heterocycles. The summed E-state index contributed by atoms with van der Waals surface area (Å²) >= 11 is 0. The normalized spacial score (nSPS) is 11.1. The Morgan fingerprint density at radius 3 is 2.65 bits per heavy atom. The van der Waals surface area contributed by atoms with Gasteiger partial charge in [0.05, 0.1) is 4.90 Å². The van der Waals surface area contributed by atoms with E-state index in [1.54, 1.807) is 12.3 Å². The van der Waals surface area contributed by atoms with Crippen molar-refractivity contribution in [1.29, 1.82) is 0 Å². The third-order valence-corrected chi connectivity index (χ3v) is 4.07. The van der Waals surface area contributed by atoms with E-state index in [4.69, 9.17) is 5.14 Å². The highest BCUT2D eigenvalue weighted by atomic mass is 32.2. The number of sulfonamides is 1. The Hall–Kier alpha value is -2.45. The van der Waals surface area contributed by atoms with Crippen LogP contribution in [-0.4, -0.2) is 33.4 Å². The van der Waals surface area contributed by atoms with Gasteiger partial charge in [0.2, 0.25) is 10.0 Å². The fraction of sp³-hybridized carbons (Fsp3) is 0.200.